The summed E-state index contributed by atoms with van der Waals surface area (Å²) in [5.41, 5.74) is 0.321. The third-order valence-electron chi connectivity index (χ3n) is 6.03. The molecule has 6 nitrogen and oxygen atoms in total. The van der Waals surface area contributed by atoms with Crippen molar-refractivity contribution in [3.63, 3.8) is 0 Å². The van der Waals surface area contributed by atoms with Gasteiger partial charge in [-0.15, -0.1) is 0 Å². The molecule has 0 aliphatic carbocycles. The summed E-state index contributed by atoms with van der Waals surface area (Å²) in [7, 11) is 1.95. The number of likely N-dealkylation sites (tertiary alicyclic amines) is 2. The zero-order chi connectivity index (χ0) is 18.3. The number of carbonyl (C=O) groups excluding carboxylic acids is 2. The van der Waals surface area contributed by atoms with Gasteiger partial charge < -0.3 is 14.7 Å². The van der Waals surface area contributed by atoms with Crippen molar-refractivity contribution in [1.82, 2.24) is 14.7 Å². The van der Waals surface area contributed by atoms with Crippen LogP contribution < -0.4 is 4.90 Å². The molecule has 3 aliphatic heterocycles. The maximum absolute atomic E-state index is 13.6. The molecule has 7 heteroatoms. The fraction of sp³-hybridized carbons (Fsp3) is 0.579. The van der Waals surface area contributed by atoms with Gasteiger partial charge in [0.25, 0.3) is 0 Å². The van der Waals surface area contributed by atoms with E-state index in [-0.39, 0.29) is 29.8 Å². The highest BCUT2D eigenvalue weighted by Gasteiger charge is 2.49. The Morgan fingerprint density at radius 3 is 2.62 bits per heavy atom. The largest absolute Gasteiger partial charge is 0.325 e. The van der Waals surface area contributed by atoms with Crippen LogP contribution >= 0.6 is 0 Å². The molecule has 3 heterocycles. The van der Waals surface area contributed by atoms with Crippen LogP contribution in [0.4, 0.5) is 14.9 Å². The SMILES string of the molecule is CN1CC(=O)N(c2cccc(F)c2)C[C@]12CCN(C(=O)N1CCCC1)C2. The molecule has 0 unspecified atom stereocenters. The number of hydrogen-bond donors (Lipinski definition) is 0. The van der Waals surface area contributed by atoms with E-state index in [1.807, 2.05) is 16.8 Å². The lowest BCUT2D eigenvalue weighted by atomic mass is 9.92. The van der Waals surface area contributed by atoms with Crippen molar-refractivity contribution in [2.45, 2.75) is 24.8 Å². The number of urea groups is 1. The molecule has 140 valence electrons. The van der Waals surface area contributed by atoms with Crippen LogP contribution in [0.25, 0.3) is 0 Å². The van der Waals surface area contributed by atoms with Crippen molar-refractivity contribution >= 4 is 17.6 Å². The number of piperazine rings is 1. The summed E-state index contributed by atoms with van der Waals surface area (Å²) in [6.07, 6.45) is 2.97. The summed E-state index contributed by atoms with van der Waals surface area (Å²) >= 11 is 0. The van der Waals surface area contributed by atoms with Gasteiger partial charge in [-0.2, -0.15) is 0 Å². The van der Waals surface area contributed by atoms with Crippen LogP contribution in [0.2, 0.25) is 0 Å². The Hall–Kier alpha value is -2.15. The molecule has 0 aromatic heterocycles. The van der Waals surface area contributed by atoms with E-state index in [1.165, 1.54) is 12.1 Å². The normalized spacial score (nSPS) is 27.0. The molecule has 3 fully saturated rings. The molecule has 3 amide bonds. The first-order chi connectivity index (χ1) is 12.5. The number of carbonyl (C=O) groups is 2. The molecule has 4 rings (SSSR count). The molecular formula is C19H25FN4O2. The number of halogens is 1. The highest BCUT2D eigenvalue weighted by Crippen LogP contribution is 2.34. The average molecular weight is 360 g/mol. The van der Waals surface area contributed by atoms with E-state index >= 15 is 0 Å². The number of amides is 3. The molecule has 26 heavy (non-hydrogen) atoms. The Bertz CT molecular complexity index is 721. The fourth-order valence-corrected chi connectivity index (χ4v) is 4.41. The second-order valence-electron chi connectivity index (χ2n) is 7.69. The highest BCUT2D eigenvalue weighted by molar-refractivity contribution is 5.96. The minimum Gasteiger partial charge on any atom is -0.325 e. The fourth-order valence-electron chi connectivity index (χ4n) is 4.41. The van der Waals surface area contributed by atoms with Crippen molar-refractivity contribution in [2.24, 2.45) is 0 Å². The Morgan fingerprint density at radius 2 is 1.88 bits per heavy atom. The predicted octanol–water partition coefficient (Wildman–Crippen LogP) is 1.76. The summed E-state index contributed by atoms with van der Waals surface area (Å²) < 4.78 is 13.6. The van der Waals surface area contributed by atoms with Gasteiger partial charge in [-0.25, -0.2) is 9.18 Å². The highest BCUT2D eigenvalue weighted by atomic mass is 19.1. The zero-order valence-corrected chi connectivity index (χ0v) is 15.2. The lowest BCUT2D eigenvalue weighted by Crippen LogP contribution is -2.64. The Kier molecular flexibility index (Phi) is 4.34. The lowest BCUT2D eigenvalue weighted by Gasteiger charge is -2.46. The van der Waals surface area contributed by atoms with Crippen molar-refractivity contribution in [3.05, 3.63) is 30.1 Å². The zero-order valence-electron chi connectivity index (χ0n) is 15.2. The van der Waals surface area contributed by atoms with Crippen molar-refractivity contribution in [1.29, 1.82) is 0 Å². The first-order valence-electron chi connectivity index (χ1n) is 9.30. The number of benzene rings is 1. The third kappa shape index (κ3) is 2.94. The summed E-state index contributed by atoms with van der Waals surface area (Å²) in [6, 6.07) is 6.29. The minimum atomic E-state index is -0.347. The molecule has 0 saturated carbocycles. The van der Waals surface area contributed by atoms with Crippen molar-refractivity contribution < 1.29 is 14.0 Å². The first kappa shape index (κ1) is 17.3. The molecule has 0 N–H and O–H groups in total. The Labute approximate surface area is 153 Å². The third-order valence-corrected chi connectivity index (χ3v) is 6.03. The van der Waals surface area contributed by atoms with E-state index in [0.29, 0.717) is 25.3 Å². The Balaban J connectivity index is 1.53. The van der Waals surface area contributed by atoms with Gasteiger partial charge in [-0.3, -0.25) is 9.69 Å². The van der Waals surface area contributed by atoms with Crippen molar-refractivity contribution in [2.75, 3.05) is 51.2 Å². The van der Waals surface area contributed by atoms with Gasteiger partial charge >= 0.3 is 6.03 Å². The van der Waals surface area contributed by atoms with Gasteiger partial charge in [-0.05, 0) is 44.5 Å². The van der Waals surface area contributed by atoms with Gasteiger partial charge in [0.2, 0.25) is 5.91 Å². The monoisotopic (exact) mass is 360 g/mol. The second kappa shape index (κ2) is 6.54. The standard InChI is InChI=1S/C19H25FN4O2/c1-21-12-17(25)24(16-6-4-5-15(20)11-16)14-19(21)7-10-23(13-19)18(26)22-8-2-3-9-22/h4-6,11H,2-3,7-10,12-14H2,1H3/t19-/m1/s1. The van der Waals surface area contributed by atoms with Crippen LogP contribution in [0, 0.1) is 5.82 Å². The number of hydrogen-bond acceptors (Lipinski definition) is 3. The first-order valence-corrected chi connectivity index (χ1v) is 9.30. The predicted molar refractivity (Wildman–Crippen MR) is 96.5 cm³/mol. The molecule has 1 spiro atoms. The van der Waals surface area contributed by atoms with Gasteiger partial charge in [0.15, 0.2) is 0 Å². The number of nitrogens with zero attached hydrogens (tertiary/aromatic N) is 4. The van der Waals surface area contributed by atoms with Crippen LogP contribution in [0.3, 0.4) is 0 Å². The van der Waals surface area contributed by atoms with E-state index in [9.17, 15) is 14.0 Å². The van der Waals surface area contributed by atoms with E-state index in [0.717, 1.165) is 32.4 Å². The van der Waals surface area contributed by atoms with Gasteiger partial charge in [0.1, 0.15) is 5.82 Å². The maximum Gasteiger partial charge on any atom is 0.320 e. The Morgan fingerprint density at radius 1 is 1.12 bits per heavy atom. The van der Waals surface area contributed by atoms with E-state index < -0.39 is 0 Å². The number of likely N-dealkylation sites (N-methyl/N-ethyl adjacent to an activating group) is 1. The minimum absolute atomic E-state index is 0.0342. The van der Waals surface area contributed by atoms with Crippen LogP contribution in [-0.4, -0.2) is 78.5 Å². The molecule has 3 aliphatic rings. The van der Waals surface area contributed by atoms with Crippen molar-refractivity contribution in [3.8, 4) is 0 Å². The van der Waals surface area contributed by atoms with Crippen LogP contribution in [0.15, 0.2) is 24.3 Å². The van der Waals surface area contributed by atoms with Gasteiger partial charge in [0, 0.05) is 38.4 Å². The molecule has 3 saturated heterocycles. The lowest BCUT2D eigenvalue weighted by molar-refractivity contribution is -0.123. The number of anilines is 1. The van der Waals surface area contributed by atoms with E-state index in [2.05, 4.69) is 4.90 Å². The maximum atomic E-state index is 13.6. The summed E-state index contributed by atoms with van der Waals surface area (Å²) in [6.45, 7) is 3.75. The quantitative estimate of drug-likeness (QED) is 0.767. The molecule has 1 aromatic rings. The second-order valence-corrected chi connectivity index (χ2v) is 7.69. The molecule has 0 radical (unpaired) electrons. The summed E-state index contributed by atoms with van der Waals surface area (Å²) in [5.74, 6) is -0.381. The average Bonchev–Trinajstić information content (AvgIpc) is 3.29. The van der Waals surface area contributed by atoms with E-state index in [4.69, 9.17) is 0 Å². The smallest absolute Gasteiger partial charge is 0.320 e. The molecule has 0 bridgehead atoms. The van der Waals surface area contributed by atoms with E-state index in [1.54, 1.807) is 17.0 Å². The molecule has 1 atom stereocenters. The summed E-state index contributed by atoms with van der Waals surface area (Å²) in [5, 5.41) is 0. The topological polar surface area (TPSA) is 47.1 Å². The molecule has 1 aromatic carbocycles. The van der Waals surface area contributed by atoms with Crippen LogP contribution in [0.1, 0.15) is 19.3 Å². The summed E-state index contributed by atoms with van der Waals surface area (Å²) in [4.78, 5) is 32.9. The van der Waals surface area contributed by atoms with Gasteiger partial charge in [-0.1, -0.05) is 6.07 Å². The van der Waals surface area contributed by atoms with Gasteiger partial charge in [0.05, 0.1) is 12.1 Å². The van der Waals surface area contributed by atoms with Crippen LogP contribution in [-0.2, 0) is 4.79 Å². The molecular weight excluding hydrogens is 335 g/mol. The number of rotatable bonds is 1. The van der Waals surface area contributed by atoms with Crippen LogP contribution in [0.5, 0.6) is 0 Å².